The van der Waals surface area contributed by atoms with Crippen LogP contribution in [0, 0.1) is 0 Å². The molecule has 0 saturated heterocycles. The standard InChI is InChI=1S/C10H13NO3.ClH/c1-6(12)9(11)7-3-2-4-8-10(7)14-5-13-8;/h2-4,6,9,12H,5,11H2,1H3;1H/t6-,9-;/m0./s1. The van der Waals surface area contributed by atoms with E-state index in [4.69, 9.17) is 15.2 Å². The second kappa shape index (κ2) is 4.70. The molecule has 0 saturated carbocycles. The maximum atomic E-state index is 9.38. The summed E-state index contributed by atoms with van der Waals surface area (Å²) in [4.78, 5) is 0. The summed E-state index contributed by atoms with van der Waals surface area (Å²) in [5.74, 6) is 1.35. The van der Waals surface area contributed by atoms with E-state index in [-0.39, 0.29) is 19.2 Å². The molecule has 0 spiro atoms. The molecule has 1 aromatic carbocycles. The van der Waals surface area contributed by atoms with E-state index in [0.717, 1.165) is 5.56 Å². The maximum Gasteiger partial charge on any atom is 0.231 e. The molecule has 3 N–H and O–H groups in total. The van der Waals surface area contributed by atoms with Gasteiger partial charge in [0, 0.05) is 5.56 Å². The Morgan fingerprint density at radius 2 is 2.13 bits per heavy atom. The summed E-state index contributed by atoms with van der Waals surface area (Å²) >= 11 is 0. The van der Waals surface area contributed by atoms with Crippen LogP contribution in [0.2, 0.25) is 0 Å². The lowest BCUT2D eigenvalue weighted by Gasteiger charge is -2.16. The number of benzene rings is 1. The molecular weight excluding hydrogens is 218 g/mol. The summed E-state index contributed by atoms with van der Waals surface area (Å²) < 4.78 is 10.5. The van der Waals surface area contributed by atoms with Crippen LogP contribution in [0.4, 0.5) is 0 Å². The van der Waals surface area contributed by atoms with Gasteiger partial charge in [0.15, 0.2) is 11.5 Å². The van der Waals surface area contributed by atoms with Gasteiger partial charge in [0.2, 0.25) is 6.79 Å². The van der Waals surface area contributed by atoms with E-state index in [2.05, 4.69) is 0 Å². The Labute approximate surface area is 94.4 Å². The lowest BCUT2D eigenvalue weighted by Crippen LogP contribution is -2.23. The molecule has 84 valence electrons. The highest BCUT2D eigenvalue weighted by Gasteiger charge is 2.23. The summed E-state index contributed by atoms with van der Waals surface area (Å²) in [6.07, 6.45) is -0.606. The molecular formula is C10H14ClNO3. The van der Waals surface area contributed by atoms with Crippen LogP contribution < -0.4 is 15.2 Å². The van der Waals surface area contributed by atoms with Crippen molar-refractivity contribution in [2.75, 3.05) is 6.79 Å². The van der Waals surface area contributed by atoms with Crippen molar-refractivity contribution in [3.8, 4) is 11.5 Å². The molecule has 1 aliphatic heterocycles. The highest BCUT2D eigenvalue weighted by Crippen LogP contribution is 2.38. The average Bonchev–Trinajstić information content (AvgIpc) is 2.63. The van der Waals surface area contributed by atoms with Gasteiger partial charge in [-0.15, -0.1) is 12.4 Å². The van der Waals surface area contributed by atoms with Crippen molar-refractivity contribution in [1.82, 2.24) is 0 Å². The third-order valence-corrected chi connectivity index (χ3v) is 2.31. The van der Waals surface area contributed by atoms with Crippen LogP contribution in [0.25, 0.3) is 0 Å². The predicted molar refractivity (Wildman–Crippen MR) is 58.4 cm³/mol. The van der Waals surface area contributed by atoms with Crippen molar-refractivity contribution >= 4 is 12.4 Å². The minimum atomic E-state index is -0.606. The van der Waals surface area contributed by atoms with Crippen LogP contribution in [0.15, 0.2) is 18.2 Å². The van der Waals surface area contributed by atoms with Crippen LogP contribution in [-0.4, -0.2) is 18.0 Å². The summed E-state index contributed by atoms with van der Waals surface area (Å²) in [6, 6.07) is 5.06. The topological polar surface area (TPSA) is 64.7 Å². The van der Waals surface area contributed by atoms with Crippen LogP contribution in [0.1, 0.15) is 18.5 Å². The molecule has 2 atom stereocenters. The van der Waals surface area contributed by atoms with Crippen LogP contribution in [-0.2, 0) is 0 Å². The Bertz CT molecular complexity index is 343. The average molecular weight is 232 g/mol. The maximum absolute atomic E-state index is 9.38. The van der Waals surface area contributed by atoms with Gasteiger partial charge in [0.25, 0.3) is 0 Å². The van der Waals surface area contributed by atoms with Gasteiger partial charge in [-0.25, -0.2) is 0 Å². The monoisotopic (exact) mass is 231 g/mol. The summed E-state index contributed by atoms with van der Waals surface area (Å²) in [6.45, 7) is 1.87. The SMILES string of the molecule is C[C@H](O)[C@H](N)c1cccc2c1OCO2.Cl. The molecule has 4 nitrogen and oxygen atoms in total. The fourth-order valence-corrected chi connectivity index (χ4v) is 1.48. The number of hydrogen-bond acceptors (Lipinski definition) is 4. The zero-order chi connectivity index (χ0) is 10.1. The Balaban J connectivity index is 0.00000112. The Morgan fingerprint density at radius 3 is 2.80 bits per heavy atom. The minimum absolute atomic E-state index is 0. The number of rotatable bonds is 2. The fourth-order valence-electron chi connectivity index (χ4n) is 1.48. The first-order valence-electron chi connectivity index (χ1n) is 4.52. The molecule has 0 bridgehead atoms. The van der Waals surface area contributed by atoms with Gasteiger partial charge in [0.1, 0.15) is 0 Å². The summed E-state index contributed by atoms with van der Waals surface area (Å²) in [7, 11) is 0. The predicted octanol–water partition coefficient (Wildman–Crippen LogP) is 1.22. The minimum Gasteiger partial charge on any atom is -0.454 e. The lowest BCUT2D eigenvalue weighted by atomic mass is 10.0. The molecule has 0 amide bonds. The zero-order valence-electron chi connectivity index (χ0n) is 8.34. The van der Waals surface area contributed by atoms with E-state index in [1.54, 1.807) is 6.92 Å². The molecule has 1 heterocycles. The number of ether oxygens (including phenoxy) is 2. The normalized spacial score (nSPS) is 16.7. The number of aliphatic hydroxyl groups excluding tert-OH is 1. The first-order valence-corrected chi connectivity index (χ1v) is 4.52. The van der Waals surface area contributed by atoms with Gasteiger partial charge in [-0.3, -0.25) is 0 Å². The van der Waals surface area contributed by atoms with Gasteiger partial charge in [-0.2, -0.15) is 0 Å². The van der Waals surface area contributed by atoms with Gasteiger partial charge >= 0.3 is 0 Å². The van der Waals surface area contributed by atoms with Gasteiger partial charge in [-0.05, 0) is 13.0 Å². The summed E-state index contributed by atoms with van der Waals surface area (Å²) in [5.41, 5.74) is 6.61. The Kier molecular flexibility index (Phi) is 3.79. The van der Waals surface area contributed by atoms with E-state index in [1.807, 2.05) is 18.2 Å². The molecule has 1 aromatic rings. The van der Waals surface area contributed by atoms with Crippen molar-refractivity contribution in [2.24, 2.45) is 5.73 Å². The van der Waals surface area contributed by atoms with Crippen LogP contribution >= 0.6 is 12.4 Å². The molecule has 5 heteroatoms. The van der Waals surface area contributed by atoms with Crippen molar-refractivity contribution in [2.45, 2.75) is 19.1 Å². The zero-order valence-corrected chi connectivity index (χ0v) is 9.16. The van der Waals surface area contributed by atoms with Gasteiger partial charge in [0.05, 0.1) is 12.1 Å². The van der Waals surface area contributed by atoms with Crippen LogP contribution in [0.3, 0.4) is 0 Å². The smallest absolute Gasteiger partial charge is 0.231 e. The van der Waals surface area contributed by atoms with E-state index < -0.39 is 12.1 Å². The molecule has 0 fully saturated rings. The molecule has 2 rings (SSSR count). The van der Waals surface area contributed by atoms with E-state index in [1.165, 1.54) is 0 Å². The number of hydrogen-bond donors (Lipinski definition) is 2. The van der Waals surface area contributed by atoms with Gasteiger partial charge < -0.3 is 20.3 Å². The van der Waals surface area contributed by atoms with E-state index in [9.17, 15) is 5.11 Å². The molecule has 0 aromatic heterocycles. The number of para-hydroxylation sites is 1. The van der Waals surface area contributed by atoms with Crippen molar-refractivity contribution < 1.29 is 14.6 Å². The number of halogens is 1. The van der Waals surface area contributed by atoms with Crippen molar-refractivity contribution in [3.63, 3.8) is 0 Å². The van der Waals surface area contributed by atoms with Crippen molar-refractivity contribution in [3.05, 3.63) is 23.8 Å². The Hall–Kier alpha value is -0.970. The van der Waals surface area contributed by atoms with Crippen LogP contribution in [0.5, 0.6) is 11.5 Å². The fraction of sp³-hybridized carbons (Fsp3) is 0.400. The number of aliphatic hydroxyl groups is 1. The lowest BCUT2D eigenvalue weighted by molar-refractivity contribution is 0.156. The largest absolute Gasteiger partial charge is 0.454 e. The highest BCUT2D eigenvalue weighted by atomic mass is 35.5. The first kappa shape index (κ1) is 12.1. The third-order valence-electron chi connectivity index (χ3n) is 2.31. The molecule has 0 aliphatic carbocycles. The number of fused-ring (bicyclic) bond motifs is 1. The second-order valence-electron chi connectivity index (χ2n) is 3.35. The van der Waals surface area contributed by atoms with E-state index in [0.29, 0.717) is 11.5 Å². The quantitative estimate of drug-likeness (QED) is 0.803. The molecule has 15 heavy (non-hydrogen) atoms. The number of nitrogens with two attached hydrogens (primary N) is 1. The molecule has 0 unspecified atom stereocenters. The molecule has 0 radical (unpaired) electrons. The van der Waals surface area contributed by atoms with Crippen molar-refractivity contribution in [1.29, 1.82) is 0 Å². The highest BCUT2D eigenvalue weighted by molar-refractivity contribution is 5.85. The molecule has 1 aliphatic rings. The first-order chi connectivity index (χ1) is 6.70. The van der Waals surface area contributed by atoms with Gasteiger partial charge in [-0.1, -0.05) is 12.1 Å². The van der Waals surface area contributed by atoms with E-state index >= 15 is 0 Å². The third kappa shape index (κ3) is 2.17. The summed E-state index contributed by atoms with van der Waals surface area (Å²) in [5, 5.41) is 9.38. The second-order valence-corrected chi connectivity index (χ2v) is 3.35. The Morgan fingerprint density at radius 1 is 1.40 bits per heavy atom.